The van der Waals surface area contributed by atoms with Crippen LogP contribution >= 0.6 is 0 Å². The number of rotatable bonds is 5. The maximum absolute atomic E-state index is 11.5. The Morgan fingerprint density at radius 3 is 1.80 bits per heavy atom. The third-order valence-corrected chi connectivity index (χ3v) is 11.0. The summed E-state index contributed by atoms with van der Waals surface area (Å²) in [5, 5.41) is 12.7. The Bertz CT molecular complexity index is 2530. The quantitative estimate of drug-likeness (QED) is 0.193. The zero-order chi connectivity index (χ0) is 38.9. The van der Waals surface area contributed by atoms with Gasteiger partial charge in [-0.15, -0.1) is 0 Å². The van der Waals surface area contributed by atoms with Crippen molar-refractivity contribution < 1.29 is 5.11 Å². The molecule has 4 heteroatoms. The first kappa shape index (κ1) is 37.1. The van der Waals surface area contributed by atoms with Crippen molar-refractivity contribution in [3.05, 3.63) is 131 Å². The number of aromatic nitrogens is 3. The molecule has 2 heterocycles. The number of fused-ring (bicyclic) bond motifs is 2. The molecular formula is C50H55N3O. The number of phenolic OH excluding ortho intramolecular Hbond substituents is 1. The molecule has 0 amide bonds. The van der Waals surface area contributed by atoms with Crippen molar-refractivity contribution in [3.8, 4) is 45.1 Å². The molecular weight excluding hydrogens is 659 g/mol. The van der Waals surface area contributed by atoms with E-state index in [-0.39, 0.29) is 27.9 Å². The second-order valence-corrected chi connectivity index (χ2v) is 18.5. The van der Waals surface area contributed by atoms with Crippen LogP contribution in [0.25, 0.3) is 61.3 Å². The number of pyridine rings is 1. The SMILES string of the molecule is Cc1ccnc2c(-c3cccc(-c4cc(C(C)C)cc5c4nc(-c4cc(C(C)(C)C)ccc4O)n5-c4ccc(C(C)(C)C)cc4)c3)cc(C(C)(C)C)cc12. The van der Waals surface area contributed by atoms with Crippen molar-refractivity contribution in [2.45, 2.75) is 105 Å². The van der Waals surface area contributed by atoms with Gasteiger partial charge in [0, 0.05) is 28.4 Å². The molecule has 0 radical (unpaired) electrons. The van der Waals surface area contributed by atoms with Gasteiger partial charge >= 0.3 is 0 Å². The Morgan fingerprint density at radius 2 is 1.19 bits per heavy atom. The number of hydrogen-bond acceptors (Lipinski definition) is 3. The Morgan fingerprint density at radius 1 is 0.593 bits per heavy atom. The third kappa shape index (κ3) is 6.83. The minimum Gasteiger partial charge on any atom is -0.507 e. The van der Waals surface area contributed by atoms with Crippen molar-refractivity contribution >= 4 is 21.9 Å². The summed E-state index contributed by atoms with van der Waals surface area (Å²) in [5.41, 5.74) is 15.1. The van der Waals surface area contributed by atoms with E-state index in [1.54, 1.807) is 0 Å². The molecule has 0 unspecified atom stereocenters. The number of imidazole rings is 1. The first-order valence-electron chi connectivity index (χ1n) is 19.3. The number of benzene rings is 5. The molecule has 276 valence electrons. The molecule has 4 nitrogen and oxygen atoms in total. The van der Waals surface area contributed by atoms with Gasteiger partial charge in [-0.25, -0.2) is 4.98 Å². The fraction of sp³-hybridized carbons (Fsp3) is 0.320. The van der Waals surface area contributed by atoms with Gasteiger partial charge in [0.05, 0.1) is 22.1 Å². The molecule has 0 aliphatic heterocycles. The van der Waals surface area contributed by atoms with Gasteiger partial charge in [0.1, 0.15) is 11.6 Å². The van der Waals surface area contributed by atoms with Gasteiger partial charge in [0.25, 0.3) is 0 Å². The molecule has 0 saturated carbocycles. The first-order valence-corrected chi connectivity index (χ1v) is 19.3. The van der Waals surface area contributed by atoms with Crippen LogP contribution in [0.1, 0.15) is 110 Å². The van der Waals surface area contributed by atoms with Crippen LogP contribution in [0.2, 0.25) is 0 Å². The summed E-state index contributed by atoms with van der Waals surface area (Å²) >= 11 is 0. The van der Waals surface area contributed by atoms with Gasteiger partial charge in [0.2, 0.25) is 0 Å². The Balaban J connectivity index is 1.53. The molecule has 0 aliphatic carbocycles. The summed E-state index contributed by atoms with van der Waals surface area (Å²) < 4.78 is 2.25. The number of aromatic hydroxyl groups is 1. The summed E-state index contributed by atoms with van der Waals surface area (Å²) in [6, 6.07) is 35.0. The molecule has 0 fully saturated rings. The predicted molar refractivity (Wildman–Crippen MR) is 229 cm³/mol. The number of phenols is 1. The standard InChI is InChI=1S/C50H55N3O/c1-30(2)34-25-40(32-14-13-15-33(24-32)41-29-37(50(10,11)12)28-39-31(3)22-23-51-45(39)41)46-43(26-34)53(38-19-16-35(17-20-38)48(4,5)6)47(52-46)42-27-36(49(7,8)9)18-21-44(42)54/h13-30,54H,1-12H3. The van der Waals surface area contributed by atoms with Crippen molar-refractivity contribution in [1.29, 1.82) is 0 Å². The topological polar surface area (TPSA) is 50.9 Å². The molecule has 0 spiro atoms. The van der Waals surface area contributed by atoms with Crippen molar-refractivity contribution in [2.24, 2.45) is 0 Å². The lowest BCUT2D eigenvalue weighted by molar-refractivity contribution is 0.475. The van der Waals surface area contributed by atoms with E-state index in [4.69, 9.17) is 9.97 Å². The molecule has 0 saturated heterocycles. The zero-order valence-corrected chi connectivity index (χ0v) is 34.2. The van der Waals surface area contributed by atoms with Gasteiger partial charge in [-0.05, 0) is 129 Å². The highest BCUT2D eigenvalue weighted by Gasteiger charge is 2.25. The Kier molecular flexibility index (Phi) is 9.12. The van der Waals surface area contributed by atoms with Crippen molar-refractivity contribution in [2.75, 3.05) is 0 Å². The van der Waals surface area contributed by atoms with Crippen LogP contribution in [0.15, 0.2) is 103 Å². The molecule has 54 heavy (non-hydrogen) atoms. The zero-order valence-electron chi connectivity index (χ0n) is 34.2. The van der Waals surface area contributed by atoms with Gasteiger partial charge in [-0.3, -0.25) is 9.55 Å². The van der Waals surface area contributed by atoms with Crippen LogP contribution in [-0.4, -0.2) is 19.6 Å². The molecule has 0 bridgehead atoms. The summed E-state index contributed by atoms with van der Waals surface area (Å²) in [4.78, 5) is 10.4. The van der Waals surface area contributed by atoms with E-state index in [9.17, 15) is 5.11 Å². The second-order valence-electron chi connectivity index (χ2n) is 18.5. The lowest BCUT2D eigenvalue weighted by atomic mass is 9.83. The lowest BCUT2D eigenvalue weighted by Crippen LogP contribution is -2.11. The first-order chi connectivity index (χ1) is 25.3. The number of aryl methyl sites for hydroxylation is 1. The van der Waals surface area contributed by atoms with Gasteiger partial charge in [-0.1, -0.05) is 113 Å². The summed E-state index contributed by atoms with van der Waals surface area (Å²) in [5.74, 6) is 1.22. The average Bonchev–Trinajstić information content (AvgIpc) is 3.49. The minimum absolute atomic E-state index is 0.0204. The molecule has 7 rings (SSSR count). The van der Waals surface area contributed by atoms with E-state index in [1.165, 1.54) is 27.6 Å². The molecule has 0 atom stereocenters. The highest BCUT2D eigenvalue weighted by molar-refractivity contribution is 6.00. The van der Waals surface area contributed by atoms with Gasteiger partial charge < -0.3 is 5.11 Å². The third-order valence-electron chi connectivity index (χ3n) is 11.0. The average molecular weight is 714 g/mol. The predicted octanol–water partition coefficient (Wildman–Crippen LogP) is 13.6. The normalized spacial score (nSPS) is 12.7. The van der Waals surface area contributed by atoms with E-state index in [1.807, 2.05) is 18.3 Å². The van der Waals surface area contributed by atoms with Crippen LogP contribution in [-0.2, 0) is 16.2 Å². The summed E-state index contributed by atoms with van der Waals surface area (Å²) in [6.45, 7) is 26.8. The second kappa shape index (κ2) is 13.3. The van der Waals surface area contributed by atoms with Gasteiger partial charge in [0.15, 0.2) is 0 Å². The van der Waals surface area contributed by atoms with E-state index >= 15 is 0 Å². The van der Waals surface area contributed by atoms with Crippen LogP contribution in [0.4, 0.5) is 0 Å². The fourth-order valence-corrected chi connectivity index (χ4v) is 7.38. The molecule has 7 aromatic rings. The minimum atomic E-state index is -0.105. The lowest BCUT2D eigenvalue weighted by Gasteiger charge is -2.22. The van der Waals surface area contributed by atoms with Crippen LogP contribution < -0.4 is 0 Å². The van der Waals surface area contributed by atoms with E-state index < -0.39 is 0 Å². The highest BCUT2D eigenvalue weighted by atomic mass is 16.3. The largest absolute Gasteiger partial charge is 0.507 e. The maximum atomic E-state index is 11.5. The highest BCUT2D eigenvalue weighted by Crippen LogP contribution is 2.42. The summed E-state index contributed by atoms with van der Waals surface area (Å²) in [7, 11) is 0. The molecule has 5 aromatic carbocycles. The Labute approximate surface area is 322 Å². The maximum Gasteiger partial charge on any atom is 0.149 e. The van der Waals surface area contributed by atoms with E-state index in [2.05, 4.69) is 173 Å². The fourth-order valence-electron chi connectivity index (χ4n) is 7.38. The van der Waals surface area contributed by atoms with Crippen LogP contribution in [0.5, 0.6) is 5.75 Å². The van der Waals surface area contributed by atoms with Crippen LogP contribution in [0, 0.1) is 6.92 Å². The van der Waals surface area contributed by atoms with E-state index in [0.29, 0.717) is 0 Å². The number of nitrogens with zero attached hydrogens (tertiary/aromatic N) is 3. The van der Waals surface area contributed by atoms with E-state index in [0.717, 1.165) is 61.4 Å². The molecule has 0 aliphatic rings. The Hall–Kier alpha value is -5.22. The number of hydrogen-bond donors (Lipinski definition) is 1. The smallest absolute Gasteiger partial charge is 0.149 e. The monoisotopic (exact) mass is 713 g/mol. The molecule has 1 N–H and O–H groups in total. The molecule has 2 aromatic heterocycles. The van der Waals surface area contributed by atoms with Gasteiger partial charge in [-0.2, -0.15) is 0 Å². The van der Waals surface area contributed by atoms with Crippen molar-refractivity contribution in [3.63, 3.8) is 0 Å². The van der Waals surface area contributed by atoms with Crippen molar-refractivity contribution in [1.82, 2.24) is 14.5 Å². The summed E-state index contributed by atoms with van der Waals surface area (Å²) in [6.07, 6.45) is 1.92. The van der Waals surface area contributed by atoms with Crippen LogP contribution in [0.3, 0.4) is 0 Å².